The van der Waals surface area contributed by atoms with Gasteiger partial charge in [-0.3, -0.25) is 9.78 Å². The first kappa shape index (κ1) is 19.4. The average molecular weight is 409 g/mol. The maximum atomic E-state index is 12.6. The van der Waals surface area contributed by atoms with Crippen LogP contribution in [0.4, 0.5) is 11.4 Å². The SMILES string of the molecule is CCn1c(SCC(=O)Nc2ccccc2N2CCCC2)nnc1-c1ccncc1. The maximum absolute atomic E-state index is 12.6. The summed E-state index contributed by atoms with van der Waals surface area (Å²) in [6.45, 7) is 4.86. The summed E-state index contributed by atoms with van der Waals surface area (Å²) in [6, 6.07) is 11.8. The van der Waals surface area contributed by atoms with Gasteiger partial charge in [-0.15, -0.1) is 10.2 Å². The fourth-order valence-electron chi connectivity index (χ4n) is 3.52. The molecule has 4 rings (SSSR count). The Hall–Kier alpha value is -2.87. The Kier molecular flexibility index (Phi) is 6.09. The van der Waals surface area contributed by atoms with E-state index in [1.54, 1.807) is 12.4 Å². The number of hydrogen-bond donors (Lipinski definition) is 1. The number of rotatable bonds is 7. The first-order valence-electron chi connectivity index (χ1n) is 9.86. The Balaban J connectivity index is 1.43. The third-order valence-corrected chi connectivity index (χ3v) is 5.90. The molecule has 1 saturated heterocycles. The summed E-state index contributed by atoms with van der Waals surface area (Å²) >= 11 is 1.40. The van der Waals surface area contributed by atoms with E-state index < -0.39 is 0 Å². The highest BCUT2D eigenvalue weighted by atomic mass is 32.2. The minimum Gasteiger partial charge on any atom is -0.370 e. The number of para-hydroxylation sites is 2. The zero-order chi connectivity index (χ0) is 20.1. The molecule has 1 aliphatic heterocycles. The van der Waals surface area contributed by atoms with E-state index >= 15 is 0 Å². The van der Waals surface area contributed by atoms with E-state index in [1.165, 1.54) is 24.6 Å². The normalized spacial score (nSPS) is 13.6. The smallest absolute Gasteiger partial charge is 0.234 e. The lowest BCUT2D eigenvalue weighted by atomic mass is 10.2. The number of nitrogens with one attached hydrogen (secondary N) is 1. The van der Waals surface area contributed by atoms with Gasteiger partial charge in [0.15, 0.2) is 11.0 Å². The van der Waals surface area contributed by atoms with Gasteiger partial charge in [0.05, 0.1) is 17.1 Å². The number of thioether (sulfide) groups is 1. The number of anilines is 2. The van der Waals surface area contributed by atoms with Gasteiger partial charge in [-0.25, -0.2) is 0 Å². The summed E-state index contributed by atoms with van der Waals surface area (Å²) < 4.78 is 2.02. The first-order chi connectivity index (χ1) is 14.3. The second-order valence-electron chi connectivity index (χ2n) is 6.83. The van der Waals surface area contributed by atoms with Gasteiger partial charge >= 0.3 is 0 Å². The number of amides is 1. The molecule has 3 aromatic rings. The molecule has 0 radical (unpaired) electrons. The Bertz CT molecular complexity index is 968. The lowest BCUT2D eigenvalue weighted by Crippen LogP contribution is -2.21. The summed E-state index contributed by atoms with van der Waals surface area (Å²) in [5, 5.41) is 12.4. The minimum atomic E-state index is -0.0437. The van der Waals surface area contributed by atoms with Crippen LogP contribution in [-0.4, -0.2) is 44.5 Å². The molecule has 1 N–H and O–H groups in total. The van der Waals surface area contributed by atoms with Crippen molar-refractivity contribution in [3.8, 4) is 11.4 Å². The quantitative estimate of drug-likeness (QED) is 0.601. The van der Waals surface area contributed by atoms with Gasteiger partial charge in [0.1, 0.15) is 0 Å². The zero-order valence-corrected chi connectivity index (χ0v) is 17.2. The summed E-state index contributed by atoms with van der Waals surface area (Å²) in [5.74, 6) is 1.03. The van der Waals surface area contributed by atoms with Gasteiger partial charge in [-0.1, -0.05) is 23.9 Å². The van der Waals surface area contributed by atoms with Crippen LogP contribution < -0.4 is 10.2 Å². The van der Waals surface area contributed by atoms with Crippen LogP contribution in [-0.2, 0) is 11.3 Å². The Morgan fingerprint density at radius 3 is 2.62 bits per heavy atom. The standard InChI is InChI=1S/C21H24N6OS/c1-2-27-20(16-9-11-22-12-10-16)24-25-21(27)29-15-19(28)23-17-7-3-4-8-18(17)26-13-5-6-14-26/h3-4,7-12H,2,5-6,13-15H2,1H3,(H,23,28). The second-order valence-corrected chi connectivity index (χ2v) is 7.78. The van der Waals surface area contributed by atoms with Gasteiger partial charge < -0.3 is 14.8 Å². The van der Waals surface area contributed by atoms with E-state index in [9.17, 15) is 4.79 Å². The van der Waals surface area contributed by atoms with Crippen LogP contribution >= 0.6 is 11.8 Å². The minimum absolute atomic E-state index is 0.0437. The van der Waals surface area contributed by atoms with Gasteiger partial charge in [0.2, 0.25) is 5.91 Å². The van der Waals surface area contributed by atoms with Gasteiger partial charge in [0.25, 0.3) is 0 Å². The average Bonchev–Trinajstić information content (AvgIpc) is 3.43. The lowest BCUT2D eigenvalue weighted by Gasteiger charge is -2.21. The van der Waals surface area contributed by atoms with Crippen molar-refractivity contribution in [1.29, 1.82) is 0 Å². The topological polar surface area (TPSA) is 75.9 Å². The van der Waals surface area contributed by atoms with Crippen LogP contribution in [0, 0.1) is 0 Å². The van der Waals surface area contributed by atoms with Crippen molar-refractivity contribution in [2.45, 2.75) is 31.5 Å². The van der Waals surface area contributed by atoms with Crippen LogP contribution in [0.15, 0.2) is 53.9 Å². The molecule has 29 heavy (non-hydrogen) atoms. The third kappa shape index (κ3) is 4.42. The number of carbonyl (C=O) groups excluding carboxylic acids is 1. The Labute approximate surface area is 174 Å². The summed E-state index contributed by atoms with van der Waals surface area (Å²) in [5.41, 5.74) is 2.93. The van der Waals surface area contributed by atoms with Crippen LogP contribution in [0.3, 0.4) is 0 Å². The van der Waals surface area contributed by atoms with E-state index in [2.05, 4.69) is 31.5 Å². The van der Waals surface area contributed by atoms with Crippen molar-refractivity contribution in [2.75, 3.05) is 29.1 Å². The van der Waals surface area contributed by atoms with E-state index in [1.807, 2.05) is 41.8 Å². The number of nitrogens with zero attached hydrogens (tertiary/aromatic N) is 5. The fourth-order valence-corrected chi connectivity index (χ4v) is 4.33. The molecule has 0 aliphatic carbocycles. The number of aromatic nitrogens is 4. The predicted octanol–water partition coefficient (Wildman–Crippen LogP) is 3.69. The number of hydrogen-bond acceptors (Lipinski definition) is 6. The number of pyridine rings is 1. The second kappa shape index (κ2) is 9.09. The summed E-state index contributed by atoms with van der Waals surface area (Å²) in [6.07, 6.45) is 5.87. The largest absolute Gasteiger partial charge is 0.370 e. The molecule has 1 fully saturated rings. The number of carbonyl (C=O) groups is 1. The van der Waals surface area contributed by atoms with Crippen molar-refractivity contribution in [3.63, 3.8) is 0 Å². The van der Waals surface area contributed by atoms with Gasteiger partial charge in [0, 0.05) is 37.6 Å². The van der Waals surface area contributed by atoms with Crippen molar-refractivity contribution in [1.82, 2.24) is 19.7 Å². The molecule has 2 aromatic heterocycles. The molecule has 0 bridgehead atoms. The molecule has 1 aromatic carbocycles. The number of benzene rings is 1. The predicted molar refractivity (Wildman–Crippen MR) is 116 cm³/mol. The van der Waals surface area contributed by atoms with Gasteiger partial charge in [-0.2, -0.15) is 0 Å². The van der Waals surface area contributed by atoms with Crippen molar-refractivity contribution in [2.24, 2.45) is 0 Å². The molecular weight excluding hydrogens is 384 g/mol. The molecule has 8 heteroatoms. The summed E-state index contributed by atoms with van der Waals surface area (Å²) in [7, 11) is 0. The monoisotopic (exact) mass is 408 g/mol. The highest BCUT2D eigenvalue weighted by Crippen LogP contribution is 2.29. The van der Waals surface area contributed by atoms with Gasteiger partial charge in [-0.05, 0) is 44.0 Å². The summed E-state index contributed by atoms with van der Waals surface area (Å²) in [4.78, 5) is 19.0. The van der Waals surface area contributed by atoms with Crippen molar-refractivity contribution in [3.05, 3.63) is 48.8 Å². The van der Waals surface area contributed by atoms with E-state index in [-0.39, 0.29) is 11.7 Å². The Morgan fingerprint density at radius 1 is 1.10 bits per heavy atom. The van der Waals surface area contributed by atoms with Crippen LogP contribution in [0.2, 0.25) is 0 Å². The third-order valence-electron chi connectivity index (χ3n) is 4.93. The molecule has 1 amide bonds. The molecule has 0 saturated carbocycles. The molecule has 0 spiro atoms. The molecule has 0 atom stereocenters. The maximum Gasteiger partial charge on any atom is 0.234 e. The van der Waals surface area contributed by atoms with E-state index in [0.29, 0.717) is 0 Å². The lowest BCUT2D eigenvalue weighted by molar-refractivity contribution is -0.113. The van der Waals surface area contributed by atoms with Crippen molar-refractivity contribution < 1.29 is 4.79 Å². The Morgan fingerprint density at radius 2 is 1.86 bits per heavy atom. The first-order valence-corrected chi connectivity index (χ1v) is 10.8. The van der Waals surface area contributed by atoms with Crippen LogP contribution in [0.5, 0.6) is 0 Å². The highest BCUT2D eigenvalue weighted by Gasteiger charge is 2.18. The fraction of sp³-hybridized carbons (Fsp3) is 0.333. The molecule has 150 valence electrons. The highest BCUT2D eigenvalue weighted by molar-refractivity contribution is 7.99. The van der Waals surface area contributed by atoms with E-state index in [4.69, 9.17) is 0 Å². The molecule has 1 aliphatic rings. The van der Waals surface area contributed by atoms with Crippen LogP contribution in [0.1, 0.15) is 19.8 Å². The molecular formula is C21H24N6OS. The van der Waals surface area contributed by atoms with Crippen LogP contribution in [0.25, 0.3) is 11.4 Å². The molecule has 0 unspecified atom stereocenters. The van der Waals surface area contributed by atoms with Crippen molar-refractivity contribution >= 4 is 29.0 Å². The molecule has 7 nitrogen and oxygen atoms in total. The molecule has 3 heterocycles. The van der Waals surface area contributed by atoms with E-state index in [0.717, 1.165) is 47.6 Å². The zero-order valence-electron chi connectivity index (χ0n) is 16.4.